The largest absolute Gasteiger partial charge is 0.472 e. The lowest BCUT2D eigenvalue weighted by Crippen LogP contribution is -2.24. The Balaban J connectivity index is 2.31. The third-order valence-electron chi connectivity index (χ3n) is 2.33. The van der Waals surface area contributed by atoms with Gasteiger partial charge in [-0.25, -0.2) is 4.79 Å². The second kappa shape index (κ2) is 6.33. The molecular weight excluding hydrogens is 208 g/mol. The summed E-state index contributed by atoms with van der Waals surface area (Å²) in [5.74, 6) is -0.113. The van der Waals surface area contributed by atoms with Gasteiger partial charge in [-0.05, 0) is 25.5 Å². The minimum atomic E-state index is -0.519. The first kappa shape index (κ1) is 12.8. The van der Waals surface area contributed by atoms with Crippen LogP contribution in [0.15, 0.2) is 23.0 Å². The van der Waals surface area contributed by atoms with Gasteiger partial charge in [0.1, 0.15) is 0 Å². The number of ether oxygens (including phenoxy) is 2. The van der Waals surface area contributed by atoms with Gasteiger partial charge < -0.3 is 13.9 Å². The second-order valence-electron chi connectivity index (χ2n) is 3.69. The van der Waals surface area contributed by atoms with Crippen LogP contribution < -0.4 is 0 Å². The molecule has 4 heteroatoms. The van der Waals surface area contributed by atoms with E-state index in [1.807, 2.05) is 13.0 Å². The second-order valence-corrected chi connectivity index (χ2v) is 3.69. The minimum Gasteiger partial charge on any atom is -0.472 e. The third-order valence-corrected chi connectivity index (χ3v) is 2.33. The summed E-state index contributed by atoms with van der Waals surface area (Å²) >= 11 is 0. The van der Waals surface area contributed by atoms with Gasteiger partial charge in [0, 0.05) is 5.92 Å². The molecule has 1 heterocycles. The van der Waals surface area contributed by atoms with E-state index < -0.39 is 6.10 Å². The number of furan rings is 1. The lowest BCUT2D eigenvalue weighted by Gasteiger charge is -2.14. The fourth-order valence-corrected chi connectivity index (χ4v) is 1.27. The van der Waals surface area contributed by atoms with E-state index in [1.54, 1.807) is 26.4 Å². The molecule has 0 aromatic carbocycles. The number of carbonyl (C=O) groups is 1. The number of rotatable bonds is 6. The predicted molar refractivity (Wildman–Crippen MR) is 59.2 cm³/mol. The maximum atomic E-state index is 11.3. The van der Waals surface area contributed by atoms with Gasteiger partial charge in [0.2, 0.25) is 0 Å². The SMILES string of the molecule is CCOC(=O)C(C)OCC(C)c1ccoc1. The molecule has 0 spiro atoms. The van der Waals surface area contributed by atoms with Crippen LogP contribution in [0.25, 0.3) is 0 Å². The maximum absolute atomic E-state index is 11.3. The molecule has 0 fully saturated rings. The van der Waals surface area contributed by atoms with Crippen LogP contribution in [-0.2, 0) is 14.3 Å². The van der Waals surface area contributed by atoms with Crippen molar-refractivity contribution in [2.75, 3.05) is 13.2 Å². The normalized spacial score (nSPS) is 14.4. The lowest BCUT2D eigenvalue weighted by atomic mass is 10.1. The summed E-state index contributed by atoms with van der Waals surface area (Å²) in [6, 6.07) is 1.89. The molecule has 0 bridgehead atoms. The molecule has 0 aliphatic rings. The summed E-state index contributed by atoms with van der Waals surface area (Å²) in [6.45, 7) is 6.34. The monoisotopic (exact) mass is 226 g/mol. The smallest absolute Gasteiger partial charge is 0.334 e. The van der Waals surface area contributed by atoms with Gasteiger partial charge in [0.25, 0.3) is 0 Å². The van der Waals surface area contributed by atoms with Gasteiger partial charge >= 0.3 is 5.97 Å². The van der Waals surface area contributed by atoms with Crippen molar-refractivity contribution in [1.29, 1.82) is 0 Å². The van der Waals surface area contributed by atoms with Crippen molar-refractivity contribution in [2.45, 2.75) is 32.8 Å². The van der Waals surface area contributed by atoms with Crippen molar-refractivity contribution in [3.63, 3.8) is 0 Å². The van der Waals surface area contributed by atoms with Crippen LogP contribution in [0.4, 0.5) is 0 Å². The van der Waals surface area contributed by atoms with E-state index in [1.165, 1.54) is 0 Å². The predicted octanol–water partition coefficient (Wildman–Crippen LogP) is 2.35. The molecule has 2 unspecified atom stereocenters. The average molecular weight is 226 g/mol. The van der Waals surface area contributed by atoms with Crippen LogP contribution in [-0.4, -0.2) is 25.3 Å². The highest BCUT2D eigenvalue weighted by Gasteiger charge is 2.16. The standard InChI is InChI=1S/C12H18O4/c1-4-15-12(13)10(3)16-7-9(2)11-5-6-14-8-11/h5-6,8-10H,4,7H2,1-3H3. The first-order chi connectivity index (χ1) is 7.65. The Labute approximate surface area is 95.5 Å². The van der Waals surface area contributed by atoms with Gasteiger partial charge in [-0.2, -0.15) is 0 Å². The number of hydrogen-bond acceptors (Lipinski definition) is 4. The zero-order valence-electron chi connectivity index (χ0n) is 9.93. The van der Waals surface area contributed by atoms with Crippen molar-refractivity contribution >= 4 is 5.97 Å². The molecule has 2 atom stereocenters. The van der Waals surface area contributed by atoms with Crippen molar-refractivity contribution in [3.8, 4) is 0 Å². The van der Waals surface area contributed by atoms with E-state index in [-0.39, 0.29) is 11.9 Å². The highest BCUT2D eigenvalue weighted by molar-refractivity contribution is 5.74. The Morgan fingerprint density at radius 3 is 2.81 bits per heavy atom. The van der Waals surface area contributed by atoms with Crippen LogP contribution in [0, 0.1) is 0 Å². The van der Waals surface area contributed by atoms with Gasteiger partial charge in [0.15, 0.2) is 6.10 Å². The number of hydrogen-bond donors (Lipinski definition) is 0. The molecule has 0 N–H and O–H groups in total. The summed E-state index contributed by atoms with van der Waals surface area (Å²) in [7, 11) is 0. The quantitative estimate of drug-likeness (QED) is 0.698. The van der Waals surface area contributed by atoms with Crippen molar-refractivity contribution in [2.24, 2.45) is 0 Å². The summed E-state index contributed by atoms with van der Waals surface area (Å²) in [5.41, 5.74) is 1.07. The molecule has 1 aromatic heterocycles. The molecular formula is C12H18O4. The van der Waals surface area contributed by atoms with Crippen LogP contribution in [0.2, 0.25) is 0 Å². The molecule has 0 saturated heterocycles. The van der Waals surface area contributed by atoms with Crippen LogP contribution in [0.3, 0.4) is 0 Å². The van der Waals surface area contributed by atoms with Crippen molar-refractivity contribution in [3.05, 3.63) is 24.2 Å². The molecule has 1 aromatic rings. The van der Waals surface area contributed by atoms with Gasteiger partial charge in [-0.3, -0.25) is 0 Å². The minimum absolute atomic E-state index is 0.204. The maximum Gasteiger partial charge on any atom is 0.334 e. The van der Waals surface area contributed by atoms with E-state index in [2.05, 4.69) is 0 Å². The van der Waals surface area contributed by atoms with E-state index in [4.69, 9.17) is 13.9 Å². The Bertz CT molecular complexity index is 305. The highest BCUT2D eigenvalue weighted by Crippen LogP contribution is 2.16. The zero-order chi connectivity index (χ0) is 12.0. The molecule has 90 valence electrons. The zero-order valence-corrected chi connectivity index (χ0v) is 9.93. The van der Waals surface area contributed by atoms with Crippen molar-refractivity contribution < 1.29 is 18.7 Å². The summed E-state index contributed by atoms with van der Waals surface area (Å²) in [6.07, 6.45) is 2.79. The lowest BCUT2D eigenvalue weighted by molar-refractivity contribution is -0.155. The molecule has 0 aliphatic carbocycles. The molecule has 0 aliphatic heterocycles. The van der Waals surface area contributed by atoms with Gasteiger partial charge in [0.05, 0.1) is 25.7 Å². The van der Waals surface area contributed by atoms with E-state index in [0.29, 0.717) is 13.2 Å². The van der Waals surface area contributed by atoms with Crippen molar-refractivity contribution in [1.82, 2.24) is 0 Å². The summed E-state index contributed by atoms with van der Waals surface area (Å²) in [4.78, 5) is 11.3. The fraction of sp³-hybridized carbons (Fsp3) is 0.583. The first-order valence-electron chi connectivity index (χ1n) is 5.45. The van der Waals surface area contributed by atoms with Gasteiger partial charge in [-0.15, -0.1) is 0 Å². The van der Waals surface area contributed by atoms with Crippen LogP contribution in [0.1, 0.15) is 32.3 Å². The molecule has 0 amide bonds. The molecule has 16 heavy (non-hydrogen) atoms. The summed E-state index contributed by atoms with van der Waals surface area (Å²) < 4.78 is 15.3. The van der Waals surface area contributed by atoms with Crippen LogP contribution in [0.5, 0.6) is 0 Å². The Kier molecular flexibility index (Phi) is 5.05. The molecule has 1 rings (SSSR count). The topological polar surface area (TPSA) is 48.7 Å². The number of carbonyl (C=O) groups excluding carboxylic acids is 1. The Morgan fingerprint density at radius 1 is 1.50 bits per heavy atom. The Morgan fingerprint density at radius 2 is 2.25 bits per heavy atom. The third kappa shape index (κ3) is 3.70. The molecule has 4 nitrogen and oxygen atoms in total. The van der Waals surface area contributed by atoms with Crippen LogP contribution >= 0.6 is 0 Å². The average Bonchev–Trinajstić information content (AvgIpc) is 2.79. The van der Waals surface area contributed by atoms with Gasteiger partial charge in [-0.1, -0.05) is 6.92 Å². The molecule has 0 radical (unpaired) electrons. The Hall–Kier alpha value is -1.29. The highest BCUT2D eigenvalue weighted by atomic mass is 16.6. The fourth-order valence-electron chi connectivity index (χ4n) is 1.27. The molecule has 0 saturated carbocycles. The van der Waals surface area contributed by atoms with E-state index in [9.17, 15) is 4.79 Å². The first-order valence-corrected chi connectivity index (χ1v) is 5.45. The van der Waals surface area contributed by atoms with E-state index >= 15 is 0 Å². The van der Waals surface area contributed by atoms with E-state index in [0.717, 1.165) is 5.56 Å². The number of esters is 1. The summed E-state index contributed by atoms with van der Waals surface area (Å²) in [5, 5.41) is 0.